The fourth-order valence-electron chi connectivity index (χ4n) is 7.66. The van der Waals surface area contributed by atoms with Crippen molar-refractivity contribution >= 4 is 63.3 Å². The van der Waals surface area contributed by atoms with E-state index in [2.05, 4.69) is 41.5 Å². The third kappa shape index (κ3) is 15.6. The molecular formula is C46H69N13O7. The Morgan fingerprint density at radius 3 is 1.62 bits per heavy atom. The van der Waals surface area contributed by atoms with Crippen molar-refractivity contribution in [1.29, 1.82) is 0 Å². The number of H-pyrrole nitrogens is 2. The lowest BCUT2D eigenvalue weighted by Crippen LogP contribution is -2.60. The van der Waals surface area contributed by atoms with Gasteiger partial charge in [0.2, 0.25) is 29.5 Å². The number of amides is 5. The van der Waals surface area contributed by atoms with Crippen molar-refractivity contribution in [3.63, 3.8) is 0 Å². The average molecular weight is 916 g/mol. The first-order valence-corrected chi connectivity index (χ1v) is 22.7. The summed E-state index contributed by atoms with van der Waals surface area (Å²) < 4.78 is 0. The summed E-state index contributed by atoms with van der Waals surface area (Å²) in [5, 5.41) is 25.6. The summed E-state index contributed by atoms with van der Waals surface area (Å²) in [5.74, 6) is -5.17. The monoisotopic (exact) mass is 916 g/mol. The van der Waals surface area contributed by atoms with E-state index in [4.69, 9.17) is 28.7 Å². The molecule has 5 amide bonds. The van der Waals surface area contributed by atoms with Crippen LogP contribution in [0.25, 0.3) is 21.8 Å². The first kappa shape index (κ1) is 52.1. The van der Waals surface area contributed by atoms with Gasteiger partial charge in [-0.25, -0.2) is 4.79 Å². The molecular weight excluding hydrogens is 847 g/mol. The molecule has 0 aliphatic rings. The molecule has 20 heteroatoms. The number of nitrogens with two attached hydrogens (primary N) is 5. The van der Waals surface area contributed by atoms with E-state index >= 15 is 0 Å². The second-order valence-corrected chi connectivity index (χ2v) is 16.7. The molecule has 360 valence electrons. The van der Waals surface area contributed by atoms with E-state index in [1.165, 1.54) is 0 Å². The Kier molecular flexibility index (Phi) is 20.9. The number of hydrogen-bond acceptors (Lipinski definition) is 10. The summed E-state index contributed by atoms with van der Waals surface area (Å²) in [4.78, 5) is 93.1. The van der Waals surface area contributed by atoms with Crippen LogP contribution in [0.1, 0.15) is 82.8 Å². The van der Waals surface area contributed by atoms with Gasteiger partial charge in [0.15, 0.2) is 5.96 Å². The number of fused-ring (bicyclic) bond motifs is 2. The number of carboxylic acid groups (broad SMARTS) is 1. The number of aliphatic imine (C=N–C) groups is 1. The highest BCUT2D eigenvalue weighted by atomic mass is 16.4. The number of aliphatic carboxylic acids is 1. The predicted octanol–water partition coefficient (Wildman–Crippen LogP) is 0.628. The molecule has 0 radical (unpaired) electrons. The standard InChI is InChI=1S/C46H69N13O7/c1-3-27(2)39(59-43(63)38(57-40(60)32(49)15-8-10-20-47)24-29-26-54-34-17-7-5-14-31(29)34)44(64)55-35(18-9-11-21-48)41(61)58-37(23-28-25-53-33-16-6-4-13-30(28)33)42(62)56-36(45(65)66)19-12-22-52-46(50)51/h4-7,13-14,16-17,25-27,32,35-39,53-54H,3,8-12,15,18-24,47-49H2,1-2H3,(H,55,64)(H,56,62)(H,57,60)(H,58,61)(H,59,63)(H,65,66)(H4,50,51,52)/t27-,32-,35-,36-,37-,38-,39-/m0/s1. The zero-order valence-corrected chi connectivity index (χ0v) is 37.9. The normalized spacial score (nSPS) is 14.5. The molecule has 0 spiro atoms. The fraction of sp³-hybridized carbons (Fsp3) is 0.500. The summed E-state index contributed by atoms with van der Waals surface area (Å²) >= 11 is 0. The summed E-state index contributed by atoms with van der Waals surface area (Å²) in [6.45, 7) is 4.55. The van der Waals surface area contributed by atoms with Crippen molar-refractivity contribution in [2.24, 2.45) is 39.6 Å². The number of unbranched alkanes of at least 4 members (excludes halogenated alkanes) is 2. The van der Waals surface area contributed by atoms with Gasteiger partial charge in [-0.05, 0) is 87.2 Å². The molecule has 2 heterocycles. The van der Waals surface area contributed by atoms with Gasteiger partial charge in [-0.15, -0.1) is 0 Å². The predicted molar refractivity (Wildman–Crippen MR) is 254 cm³/mol. The highest BCUT2D eigenvalue weighted by Gasteiger charge is 2.35. The molecule has 20 nitrogen and oxygen atoms in total. The third-order valence-corrected chi connectivity index (χ3v) is 11.7. The minimum Gasteiger partial charge on any atom is -0.480 e. The van der Waals surface area contributed by atoms with Crippen molar-refractivity contribution in [3.8, 4) is 0 Å². The maximum absolute atomic E-state index is 14.4. The summed E-state index contributed by atoms with van der Waals surface area (Å²) in [5.41, 5.74) is 31.6. The lowest BCUT2D eigenvalue weighted by molar-refractivity contribution is -0.142. The first-order valence-electron chi connectivity index (χ1n) is 22.7. The van der Waals surface area contributed by atoms with Crippen LogP contribution in [0.15, 0.2) is 65.9 Å². The molecule has 4 aromatic rings. The van der Waals surface area contributed by atoms with Crippen LogP contribution in [0, 0.1) is 5.92 Å². The highest BCUT2D eigenvalue weighted by Crippen LogP contribution is 2.21. The number of carbonyl (C=O) groups excluding carboxylic acids is 5. The number of carboxylic acids is 1. The molecule has 0 aliphatic carbocycles. The minimum atomic E-state index is -1.33. The van der Waals surface area contributed by atoms with Gasteiger partial charge in [-0.2, -0.15) is 0 Å². The molecule has 0 unspecified atom stereocenters. The van der Waals surface area contributed by atoms with E-state index in [1.807, 2.05) is 55.5 Å². The van der Waals surface area contributed by atoms with Gasteiger partial charge < -0.3 is 70.3 Å². The van der Waals surface area contributed by atoms with Crippen molar-refractivity contribution < 1.29 is 33.9 Å². The Hall–Kier alpha value is -6.51. The van der Waals surface area contributed by atoms with Gasteiger partial charge in [-0.1, -0.05) is 63.1 Å². The van der Waals surface area contributed by atoms with E-state index in [0.717, 1.165) is 27.4 Å². The van der Waals surface area contributed by atoms with Crippen LogP contribution in [0.4, 0.5) is 0 Å². The van der Waals surface area contributed by atoms with Crippen LogP contribution in [0.5, 0.6) is 0 Å². The fourth-order valence-corrected chi connectivity index (χ4v) is 7.66. The Morgan fingerprint density at radius 2 is 1.09 bits per heavy atom. The second kappa shape index (κ2) is 26.5. The van der Waals surface area contributed by atoms with Gasteiger partial charge in [0, 0.05) is 53.6 Å². The largest absolute Gasteiger partial charge is 0.480 e. The zero-order chi connectivity index (χ0) is 48.2. The molecule has 0 aliphatic heterocycles. The van der Waals surface area contributed by atoms with Gasteiger partial charge >= 0.3 is 5.97 Å². The van der Waals surface area contributed by atoms with E-state index in [0.29, 0.717) is 57.2 Å². The van der Waals surface area contributed by atoms with Crippen LogP contribution in [0.3, 0.4) is 0 Å². The van der Waals surface area contributed by atoms with E-state index in [1.54, 1.807) is 19.3 Å². The number of rotatable bonds is 29. The number of nitrogens with zero attached hydrogens (tertiary/aromatic N) is 1. The number of hydrogen-bond donors (Lipinski definition) is 13. The molecule has 0 fully saturated rings. The third-order valence-electron chi connectivity index (χ3n) is 11.7. The molecule has 2 aromatic heterocycles. The zero-order valence-electron chi connectivity index (χ0n) is 37.9. The average Bonchev–Trinajstić information content (AvgIpc) is 3.91. The van der Waals surface area contributed by atoms with E-state index in [-0.39, 0.29) is 44.6 Å². The molecule has 4 rings (SSSR count). The van der Waals surface area contributed by atoms with Crippen molar-refractivity contribution in [2.75, 3.05) is 19.6 Å². The van der Waals surface area contributed by atoms with E-state index in [9.17, 15) is 33.9 Å². The Bertz CT molecular complexity index is 2250. The van der Waals surface area contributed by atoms with Crippen molar-refractivity contribution in [2.45, 2.75) is 121 Å². The molecule has 0 saturated carbocycles. The van der Waals surface area contributed by atoms with Crippen molar-refractivity contribution in [1.82, 2.24) is 36.6 Å². The van der Waals surface area contributed by atoms with Crippen LogP contribution in [0.2, 0.25) is 0 Å². The van der Waals surface area contributed by atoms with Crippen LogP contribution < -0.4 is 55.3 Å². The lowest BCUT2D eigenvalue weighted by Gasteiger charge is -2.29. The summed E-state index contributed by atoms with van der Waals surface area (Å²) in [7, 11) is 0. The van der Waals surface area contributed by atoms with Gasteiger partial charge in [0.05, 0.1) is 6.04 Å². The molecule has 7 atom stereocenters. The molecule has 2 aromatic carbocycles. The van der Waals surface area contributed by atoms with Crippen LogP contribution in [-0.4, -0.2) is 112 Å². The quantitative estimate of drug-likeness (QED) is 0.0203. The number of aromatic nitrogens is 2. The minimum absolute atomic E-state index is 0.0000133. The van der Waals surface area contributed by atoms with Crippen LogP contribution >= 0.6 is 0 Å². The molecule has 0 bridgehead atoms. The van der Waals surface area contributed by atoms with Gasteiger partial charge in [0.25, 0.3) is 0 Å². The Labute approximate surface area is 384 Å². The topological polar surface area (TPSA) is 357 Å². The molecule has 18 N–H and O–H groups in total. The smallest absolute Gasteiger partial charge is 0.326 e. The SMILES string of the molecule is CC[C@H](C)[C@H](NC(=O)[C@H](Cc1c[nH]c2ccccc12)NC(=O)[C@@H](N)CCCCN)C(=O)N[C@@H](CCCCN)C(=O)N[C@@H](Cc1c[nH]c2ccccc12)C(=O)N[C@@H](CCCN=C(N)N)C(=O)O. The number of aromatic amines is 2. The number of guanidine groups is 1. The highest BCUT2D eigenvalue weighted by molar-refractivity contribution is 5.97. The Morgan fingerprint density at radius 1 is 0.621 bits per heavy atom. The van der Waals surface area contributed by atoms with Crippen LogP contribution in [-0.2, 0) is 41.6 Å². The Balaban J connectivity index is 1.60. The maximum Gasteiger partial charge on any atom is 0.326 e. The van der Waals surface area contributed by atoms with E-state index < -0.39 is 77.7 Å². The second-order valence-electron chi connectivity index (χ2n) is 16.7. The maximum atomic E-state index is 14.4. The number of nitrogens with one attached hydrogen (secondary N) is 7. The first-order chi connectivity index (χ1) is 31.7. The van der Waals surface area contributed by atoms with Gasteiger partial charge in [-0.3, -0.25) is 29.0 Å². The molecule has 66 heavy (non-hydrogen) atoms. The number of benzene rings is 2. The van der Waals surface area contributed by atoms with Gasteiger partial charge in [0.1, 0.15) is 30.2 Å². The summed E-state index contributed by atoms with van der Waals surface area (Å²) in [6, 6.07) is 7.93. The summed E-state index contributed by atoms with van der Waals surface area (Å²) in [6.07, 6.45) is 6.98. The lowest BCUT2D eigenvalue weighted by atomic mass is 9.96. The molecule has 0 saturated heterocycles. The number of para-hydroxylation sites is 2. The van der Waals surface area contributed by atoms with Crippen molar-refractivity contribution in [3.05, 3.63) is 72.1 Å². The number of carbonyl (C=O) groups is 6.